The smallest absolute Gasteiger partial charge is 0.0645 e. The fourth-order valence-corrected chi connectivity index (χ4v) is 7.95. The van der Waals surface area contributed by atoms with E-state index in [0.29, 0.717) is 27.5 Å². The Bertz CT molecular complexity index is 4600. The van der Waals surface area contributed by atoms with Crippen LogP contribution in [-0.4, -0.2) is 13.7 Å². The highest BCUT2D eigenvalue weighted by molar-refractivity contribution is 6.14. The summed E-state index contributed by atoms with van der Waals surface area (Å²) < 4.78 is 178. The number of aromatic nitrogens is 3. The standard InChI is InChI=1S/C54H35N3/c1-3-14-36(15-4-1)37-16-13-19-41(32-37)56-50-24-11-7-20-43(50)46-33-38(26-29-52(46)56)39-27-30-53-47(34-39)44-21-8-12-25-51(44)57(53)42-28-31-54-48(35-42)45-22-9-10-23-49(45)55(54)40-17-5-2-6-18-40/h1-35H/i2D,5D,6D,7D,8D,11D,12D,17D,18D,20D,21D,24D,25D,26D,27D,29D,30D,33D,34D. The number of fused-ring (bicyclic) bond motifs is 9. The van der Waals surface area contributed by atoms with E-state index in [-0.39, 0.29) is 55.0 Å². The number of benzene rings is 9. The average Bonchev–Trinajstić information content (AvgIpc) is 4.29. The highest BCUT2D eigenvalue weighted by atomic mass is 15.0. The normalized spacial score (nSPS) is 16.5. The zero-order chi connectivity index (χ0) is 54.0. The number of hydrogen-bond donors (Lipinski definition) is 0. The third kappa shape index (κ3) is 4.86. The van der Waals surface area contributed by atoms with Gasteiger partial charge in [-0.1, -0.05) is 127 Å². The lowest BCUT2D eigenvalue weighted by molar-refractivity contribution is 1.17. The topological polar surface area (TPSA) is 14.8 Å². The van der Waals surface area contributed by atoms with E-state index in [1.807, 2.05) is 36.4 Å². The molecule has 57 heavy (non-hydrogen) atoms. The maximum Gasteiger partial charge on any atom is 0.0645 e. The highest BCUT2D eigenvalue weighted by Crippen LogP contribution is 2.40. The molecule has 3 heterocycles. The van der Waals surface area contributed by atoms with Crippen LogP contribution in [0, 0.1) is 0 Å². The highest BCUT2D eigenvalue weighted by Gasteiger charge is 2.18. The SMILES string of the molecule is [2H]c1c([2H])c([2H])c(-n2c3ccccc3c3cc(-n4c5c([2H])c([2H])c([2H])c([2H])c5c5c([2H])c(-c6c([2H])c([2H])c7c(c6[2H])c6c([2H])c([2H])c([2H])c([2H])c6n7-c6cccc(-c7ccccc7)c6)c([2H])c([2H])c54)ccc32)c([2H])c1[2H]. The van der Waals surface area contributed by atoms with Gasteiger partial charge in [0.1, 0.15) is 0 Å². The van der Waals surface area contributed by atoms with Crippen LogP contribution in [0.5, 0.6) is 0 Å². The van der Waals surface area contributed by atoms with Crippen molar-refractivity contribution >= 4 is 65.4 Å². The van der Waals surface area contributed by atoms with Crippen LogP contribution >= 0.6 is 0 Å². The van der Waals surface area contributed by atoms with Gasteiger partial charge in [0.2, 0.25) is 0 Å². The molecule has 0 saturated heterocycles. The van der Waals surface area contributed by atoms with Crippen molar-refractivity contribution in [1.82, 2.24) is 13.7 Å². The molecule has 0 saturated carbocycles. The van der Waals surface area contributed by atoms with Gasteiger partial charge in [-0.3, -0.25) is 0 Å². The molecule has 266 valence electrons. The number of hydrogen-bond acceptors (Lipinski definition) is 0. The molecule has 0 unspecified atom stereocenters. The van der Waals surface area contributed by atoms with E-state index in [9.17, 15) is 13.7 Å². The fourth-order valence-electron chi connectivity index (χ4n) is 7.95. The first-order valence-electron chi connectivity index (χ1n) is 27.6. The molecule has 0 atom stereocenters. The van der Waals surface area contributed by atoms with Crippen LogP contribution in [0.3, 0.4) is 0 Å². The Morgan fingerprint density at radius 2 is 0.825 bits per heavy atom. The maximum atomic E-state index is 10.0. The maximum absolute atomic E-state index is 10.0. The second-order valence-electron chi connectivity index (χ2n) is 13.5. The van der Waals surface area contributed by atoms with Gasteiger partial charge in [0.25, 0.3) is 0 Å². The zero-order valence-corrected chi connectivity index (χ0v) is 29.6. The van der Waals surface area contributed by atoms with Crippen molar-refractivity contribution in [2.45, 2.75) is 0 Å². The minimum atomic E-state index is -0.711. The van der Waals surface area contributed by atoms with Gasteiger partial charge in [0.15, 0.2) is 0 Å². The summed E-state index contributed by atoms with van der Waals surface area (Å²) in [6, 6.07) is 17.0. The molecule has 0 amide bonds. The lowest BCUT2D eigenvalue weighted by Crippen LogP contribution is -1.95. The summed E-state index contributed by atoms with van der Waals surface area (Å²) in [7, 11) is 0. The van der Waals surface area contributed by atoms with Crippen LogP contribution < -0.4 is 0 Å². The van der Waals surface area contributed by atoms with E-state index in [4.69, 9.17) is 12.3 Å². The monoisotopic (exact) mass is 744 g/mol. The molecular formula is C54H35N3. The quantitative estimate of drug-likeness (QED) is 0.167. The van der Waals surface area contributed by atoms with E-state index < -0.39 is 126 Å². The van der Waals surface area contributed by atoms with E-state index in [1.165, 1.54) is 13.7 Å². The summed E-state index contributed by atoms with van der Waals surface area (Å²) in [4.78, 5) is 0. The Labute approximate surface area is 356 Å². The number of para-hydroxylation sites is 4. The second-order valence-corrected chi connectivity index (χ2v) is 13.5. The Kier molecular flexibility index (Phi) is 4.01. The average molecular weight is 745 g/mol. The summed E-state index contributed by atoms with van der Waals surface area (Å²) in [6.07, 6.45) is 0. The lowest BCUT2D eigenvalue weighted by atomic mass is 10.0. The summed E-state index contributed by atoms with van der Waals surface area (Å²) in [5.41, 5.74) is 1.24. The van der Waals surface area contributed by atoms with Gasteiger partial charge in [-0.05, 0) is 107 Å². The molecule has 0 aliphatic rings. The van der Waals surface area contributed by atoms with Gasteiger partial charge < -0.3 is 13.7 Å². The van der Waals surface area contributed by atoms with Gasteiger partial charge in [-0.2, -0.15) is 0 Å². The van der Waals surface area contributed by atoms with Crippen molar-refractivity contribution in [2.75, 3.05) is 0 Å². The van der Waals surface area contributed by atoms with Crippen LogP contribution in [-0.2, 0) is 0 Å². The van der Waals surface area contributed by atoms with Gasteiger partial charge in [0.05, 0.1) is 59.1 Å². The third-order valence-corrected chi connectivity index (χ3v) is 10.4. The number of rotatable bonds is 5. The van der Waals surface area contributed by atoms with Crippen LogP contribution in [0.1, 0.15) is 26.0 Å². The van der Waals surface area contributed by atoms with E-state index in [1.54, 1.807) is 60.7 Å². The Morgan fingerprint density at radius 1 is 0.281 bits per heavy atom. The van der Waals surface area contributed by atoms with Crippen LogP contribution in [0.4, 0.5) is 0 Å². The third-order valence-electron chi connectivity index (χ3n) is 10.4. The summed E-state index contributed by atoms with van der Waals surface area (Å²) in [6.45, 7) is 0. The molecule has 0 aliphatic carbocycles. The Balaban J connectivity index is 1.18. The van der Waals surface area contributed by atoms with Crippen molar-refractivity contribution < 1.29 is 26.0 Å². The predicted octanol–water partition coefficient (Wildman–Crippen LogP) is 14.3. The first kappa shape index (κ1) is 18.3. The van der Waals surface area contributed by atoms with E-state index in [2.05, 4.69) is 0 Å². The summed E-state index contributed by atoms with van der Waals surface area (Å²) in [5.74, 6) is 0. The minimum Gasteiger partial charge on any atom is -0.309 e. The van der Waals surface area contributed by atoms with Crippen LogP contribution in [0.2, 0.25) is 0 Å². The number of nitrogens with zero attached hydrogens (tertiary/aromatic N) is 3. The lowest BCUT2D eigenvalue weighted by Gasteiger charge is -2.11. The van der Waals surface area contributed by atoms with Crippen LogP contribution in [0.15, 0.2) is 212 Å². The summed E-state index contributed by atoms with van der Waals surface area (Å²) in [5, 5.41) is 0.212. The van der Waals surface area contributed by atoms with Crippen molar-refractivity contribution in [2.24, 2.45) is 0 Å². The molecule has 3 heteroatoms. The van der Waals surface area contributed by atoms with Crippen molar-refractivity contribution in [3.05, 3.63) is 212 Å². The van der Waals surface area contributed by atoms with Gasteiger partial charge >= 0.3 is 0 Å². The molecular weight excluding hydrogens is 691 g/mol. The Morgan fingerprint density at radius 3 is 1.53 bits per heavy atom. The molecule has 0 spiro atoms. The molecule has 0 bridgehead atoms. The van der Waals surface area contributed by atoms with Crippen molar-refractivity contribution in [3.8, 4) is 39.3 Å². The zero-order valence-electron chi connectivity index (χ0n) is 48.6. The molecule has 12 aromatic rings. The molecule has 12 rings (SSSR count). The van der Waals surface area contributed by atoms with Gasteiger partial charge in [-0.25, -0.2) is 0 Å². The molecule has 0 N–H and O–H groups in total. The molecule has 0 fully saturated rings. The van der Waals surface area contributed by atoms with Crippen molar-refractivity contribution in [1.29, 1.82) is 0 Å². The van der Waals surface area contributed by atoms with Gasteiger partial charge in [-0.15, -0.1) is 0 Å². The van der Waals surface area contributed by atoms with Crippen molar-refractivity contribution in [3.63, 3.8) is 0 Å². The van der Waals surface area contributed by atoms with E-state index >= 15 is 0 Å². The molecule has 3 nitrogen and oxygen atoms in total. The Hall–Kier alpha value is -7.62. The molecule has 0 aliphatic heterocycles. The molecule has 9 aromatic carbocycles. The first-order valence-corrected chi connectivity index (χ1v) is 18.1. The molecule has 3 aromatic heterocycles. The van der Waals surface area contributed by atoms with Gasteiger partial charge in [0, 0.05) is 49.4 Å². The fraction of sp³-hybridized carbons (Fsp3) is 0. The van der Waals surface area contributed by atoms with Crippen LogP contribution in [0.25, 0.3) is 105 Å². The van der Waals surface area contributed by atoms with E-state index in [0.717, 1.165) is 11.1 Å². The first-order chi connectivity index (χ1) is 36.2. The second kappa shape index (κ2) is 12.5. The summed E-state index contributed by atoms with van der Waals surface area (Å²) >= 11 is 0. The molecule has 0 radical (unpaired) electrons. The minimum absolute atomic E-state index is 0.0916. The predicted molar refractivity (Wildman–Crippen MR) is 240 cm³/mol. The largest absolute Gasteiger partial charge is 0.309 e.